The predicted octanol–water partition coefficient (Wildman–Crippen LogP) is 6.16. The number of fused-ring (bicyclic) bond motifs is 1. The lowest BCUT2D eigenvalue weighted by Gasteiger charge is -2.07. The van der Waals surface area contributed by atoms with Crippen molar-refractivity contribution in [3.05, 3.63) is 101 Å². The van der Waals surface area contributed by atoms with Crippen molar-refractivity contribution in [2.75, 3.05) is 6.54 Å². The van der Waals surface area contributed by atoms with Gasteiger partial charge in [0.1, 0.15) is 5.82 Å². The van der Waals surface area contributed by atoms with E-state index in [0.29, 0.717) is 35.0 Å². The number of hydrogen-bond acceptors (Lipinski definition) is 2. The van der Waals surface area contributed by atoms with Crippen LogP contribution >= 0.6 is 23.4 Å². The van der Waals surface area contributed by atoms with E-state index in [1.54, 1.807) is 36.0 Å². The van der Waals surface area contributed by atoms with Gasteiger partial charge in [-0.05, 0) is 30.3 Å². The van der Waals surface area contributed by atoms with Crippen LogP contribution in [-0.4, -0.2) is 17.0 Å². The Bertz CT molecular complexity index is 1160. The fraction of sp³-hybridized carbons (Fsp3) is 0.125. The highest BCUT2D eigenvalue weighted by molar-refractivity contribution is 7.98. The van der Waals surface area contributed by atoms with Gasteiger partial charge in [0.25, 0.3) is 5.91 Å². The van der Waals surface area contributed by atoms with Gasteiger partial charge in [0.05, 0.1) is 0 Å². The second-order valence-corrected chi connectivity index (χ2v) is 8.24. The Morgan fingerprint density at radius 1 is 1.00 bits per heavy atom. The first-order valence-corrected chi connectivity index (χ1v) is 11.0. The number of para-hydroxylation sites is 1. The van der Waals surface area contributed by atoms with Crippen molar-refractivity contribution in [3.63, 3.8) is 0 Å². The lowest BCUT2D eigenvalue weighted by Crippen LogP contribution is -2.26. The fourth-order valence-electron chi connectivity index (χ4n) is 3.31. The third kappa shape index (κ3) is 4.53. The molecule has 0 saturated heterocycles. The number of nitrogens with zero attached hydrogens (tertiary/aromatic N) is 1. The monoisotopic (exact) mass is 438 g/mol. The molecule has 0 radical (unpaired) electrons. The van der Waals surface area contributed by atoms with E-state index in [1.807, 2.05) is 30.3 Å². The summed E-state index contributed by atoms with van der Waals surface area (Å²) < 4.78 is 16.2. The summed E-state index contributed by atoms with van der Waals surface area (Å²) in [6, 6.07) is 22.0. The molecule has 30 heavy (non-hydrogen) atoms. The van der Waals surface area contributed by atoms with Crippen molar-refractivity contribution >= 4 is 40.2 Å². The van der Waals surface area contributed by atoms with Crippen LogP contribution in [0.2, 0.25) is 5.02 Å². The molecular formula is C24H20ClFN2OS. The minimum atomic E-state index is -0.289. The number of amides is 1. The highest BCUT2D eigenvalue weighted by Gasteiger charge is 2.12. The minimum Gasteiger partial charge on any atom is -0.350 e. The lowest BCUT2D eigenvalue weighted by atomic mass is 10.2. The first kappa shape index (κ1) is 20.5. The number of benzene rings is 3. The van der Waals surface area contributed by atoms with Gasteiger partial charge in [0.2, 0.25) is 0 Å². The Kier molecular flexibility index (Phi) is 6.41. The van der Waals surface area contributed by atoms with Crippen LogP contribution in [0.15, 0.2) is 83.9 Å². The van der Waals surface area contributed by atoms with Crippen molar-refractivity contribution in [2.24, 2.45) is 0 Å². The van der Waals surface area contributed by atoms with Crippen LogP contribution in [0.1, 0.15) is 15.9 Å². The number of halogens is 2. The van der Waals surface area contributed by atoms with E-state index in [9.17, 15) is 9.18 Å². The van der Waals surface area contributed by atoms with Gasteiger partial charge in [-0.25, -0.2) is 4.39 Å². The van der Waals surface area contributed by atoms with Crippen molar-refractivity contribution in [1.29, 1.82) is 0 Å². The Morgan fingerprint density at radius 3 is 2.57 bits per heavy atom. The molecule has 4 aromatic rings. The summed E-state index contributed by atoms with van der Waals surface area (Å²) in [4.78, 5) is 13.3. The molecule has 1 N–H and O–H groups in total. The van der Waals surface area contributed by atoms with Crippen LogP contribution in [0.4, 0.5) is 4.39 Å². The second kappa shape index (κ2) is 9.37. The van der Waals surface area contributed by atoms with E-state index >= 15 is 0 Å². The van der Waals surface area contributed by atoms with Crippen molar-refractivity contribution in [1.82, 2.24) is 9.88 Å². The molecule has 1 aromatic heterocycles. The molecule has 3 nitrogen and oxygen atoms in total. The summed E-state index contributed by atoms with van der Waals surface area (Å²) in [6.45, 7) is 1.15. The number of nitrogens with one attached hydrogen (secondary N) is 1. The van der Waals surface area contributed by atoms with E-state index in [2.05, 4.69) is 28.2 Å². The molecule has 0 atom stereocenters. The maximum Gasteiger partial charge on any atom is 0.251 e. The molecule has 0 bridgehead atoms. The third-order valence-electron chi connectivity index (χ3n) is 4.86. The predicted molar refractivity (Wildman–Crippen MR) is 122 cm³/mol. The topological polar surface area (TPSA) is 34.0 Å². The second-order valence-electron chi connectivity index (χ2n) is 6.81. The van der Waals surface area contributed by atoms with Crippen molar-refractivity contribution < 1.29 is 9.18 Å². The van der Waals surface area contributed by atoms with E-state index < -0.39 is 0 Å². The molecule has 4 rings (SSSR count). The average Bonchev–Trinajstić information content (AvgIpc) is 3.12. The third-order valence-corrected chi connectivity index (χ3v) is 6.28. The smallest absolute Gasteiger partial charge is 0.251 e. The number of hydrogen-bond donors (Lipinski definition) is 1. The van der Waals surface area contributed by atoms with Crippen molar-refractivity contribution in [3.8, 4) is 0 Å². The molecule has 0 aliphatic carbocycles. The quantitative estimate of drug-likeness (QED) is 0.351. The number of thioether (sulfide) groups is 1. The Hall–Kier alpha value is -2.76. The summed E-state index contributed by atoms with van der Waals surface area (Å²) in [5.41, 5.74) is 2.23. The molecule has 6 heteroatoms. The fourth-order valence-corrected chi connectivity index (χ4v) is 4.75. The van der Waals surface area contributed by atoms with Gasteiger partial charge in [-0.3, -0.25) is 4.79 Å². The van der Waals surface area contributed by atoms with Crippen LogP contribution in [-0.2, 0) is 12.3 Å². The Balaban J connectivity index is 1.47. The molecular weight excluding hydrogens is 419 g/mol. The first-order chi connectivity index (χ1) is 14.6. The SMILES string of the molecule is O=C(NCCn1cc(SCc2c(F)cccc2Cl)c2ccccc21)c1ccccc1. The van der Waals surface area contributed by atoms with E-state index in [4.69, 9.17) is 11.6 Å². The number of rotatable bonds is 7. The molecule has 3 aromatic carbocycles. The van der Waals surface area contributed by atoms with Gasteiger partial charge in [-0.2, -0.15) is 0 Å². The molecule has 0 fully saturated rings. The summed E-state index contributed by atoms with van der Waals surface area (Å²) in [5.74, 6) is 0.0720. The van der Waals surface area contributed by atoms with E-state index in [-0.39, 0.29) is 11.7 Å². The van der Waals surface area contributed by atoms with Gasteiger partial charge < -0.3 is 9.88 Å². The molecule has 0 aliphatic heterocycles. The maximum atomic E-state index is 14.1. The van der Waals surface area contributed by atoms with Crippen LogP contribution in [0.5, 0.6) is 0 Å². The maximum absolute atomic E-state index is 14.1. The number of aromatic nitrogens is 1. The van der Waals surface area contributed by atoms with Gasteiger partial charge >= 0.3 is 0 Å². The van der Waals surface area contributed by atoms with E-state index in [1.165, 1.54) is 6.07 Å². The zero-order chi connectivity index (χ0) is 20.9. The number of carbonyl (C=O) groups excluding carboxylic acids is 1. The van der Waals surface area contributed by atoms with Crippen molar-refractivity contribution in [2.45, 2.75) is 17.2 Å². The lowest BCUT2D eigenvalue weighted by molar-refractivity contribution is 0.0952. The highest BCUT2D eigenvalue weighted by Crippen LogP contribution is 2.34. The largest absolute Gasteiger partial charge is 0.350 e. The molecule has 0 aliphatic rings. The van der Waals surface area contributed by atoms with Gasteiger partial charge in [0, 0.05) is 57.0 Å². The summed E-state index contributed by atoms with van der Waals surface area (Å²) >= 11 is 7.73. The molecule has 0 spiro atoms. The highest BCUT2D eigenvalue weighted by atomic mass is 35.5. The summed E-state index contributed by atoms with van der Waals surface area (Å²) in [7, 11) is 0. The molecule has 1 heterocycles. The summed E-state index contributed by atoms with van der Waals surface area (Å²) in [5, 5.41) is 4.50. The molecule has 0 unspecified atom stereocenters. The Morgan fingerprint density at radius 2 is 1.77 bits per heavy atom. The first-order valence-electron chi connectivity index (χ1n) is 9.60. The number of carbonyl (C=O) groups is 1. The van der Waals surface area contributed by atoms with E-state index in [0.717, 1.165) is 15.8 Å². The van der Waals surface area contributed by atoms with Crippen LogP contribution in [0.25, 0.3) is 10.9 Å². The normalized spacial score (nSPS) is 11.0. The van der Waals surface area contributed by atoms with Gasteiger partial charge in [-0.1, -0.05) is 54.1 Å². The zero-order valence-electron chi connectivity index (χ0n) is 16.1. The van der Waals surface area contributed by atoms with Crippen LogP contribution in [0.3, 0.4) is 0 Å². The standard InChI is InChI=1S/C24H20ClFN2OS/c25-20-10-6-11-21(26)19(20)16-30-23-15-28(22-12-5-4-9-18(22)23)14-13-27-24(29)17-7-2-1-3-8-17/h1-12,15H,13-14,16H2,(H,27,29). The van der Waals surface area contributed by atoms with Crippen LogP contribution < -0.4 is 5.32 Å². The Labute approximate surface area is 183 Å². The molecule has 1 amide bonds. The molecule has 0 saturated carbocycles. The average molecular weight is 439 g/mol. The van der Waals surface area contributed by atoms with Crippen LogP contribution in [0, 0.1) is 5.82 Å². The zero-order valence-corrected chi connectivity index (χ0v) is 17.7. The molecule has 152 valence electrons. The van der Waals surface area contributed by atoms with Gasteiger partial charge in [0.15, 0.2) is 0 Å². The van der Waals surface area contributed by atoms with Gasteiger partial charge in [-0.15, -0.1) is 11.8 Å². The summed E-state index contributed by atoms with van der Waals surface area (Å²) in [6.07, 6.45) is 2.05. The minimum absolute atomic E-state index is 0.0872.